The van der Waals surface area contributed by atoms with Gasteiger partial charge >= 0.3 is 0 Å². The van der Waals surface area contributed by atoms with Gasteiger partial charge in [-0.2, -0.15) is 10.4 Å². The lowest BCUT2D eigenvalue weighted by atomic mass is 10.1. The second-order valence-electron chi connectivity index (χ2n) is 3.54. The summed E-state index contributed by atoms with van der Waals surface area (Å²) in [7, 11) is 1.75. The number of rotatable bonds is 2. The van der Waals surface area contributed by atoms with Crippen molar-refractivity contribution in [3.8, 4) is 6.07 Å². The van der Waals surface area contributed by atoms with Gasteiger partial charge in [0.2, 0.25) is 0 Å². The van der Waals surface area contributed by atoms with Gasteiger partial charge in [-0.3, -0.25) is 4.68 Å². The molecule has 0 bridgehead atoms. The molecule has 0 amide bonds. The van der Waals surface area contributed by atoms with Crippen molar-refractivity contribution in [2.24, 2.45) is 13.0 Å². The summed E-state index contributed by atoms with van der Waals surface area (Å²) in [5, 5.41) is 13.0. The topological polar surface area (TPSA) is 67.6 Å². The second kappa shape index (κ2) is 3.48. The highest BCUT2D eigenvalue weighted by Gasteiger charge is 2.13. The lowest BCUT2D eigenvalue weighted by molar-refractivity contribution is 0.620. The molecule has 0 radical (unpaired) electrons. The van der Waals surface area contributed by atoms with Gasteiger partial charge in [-0.25, -0.2) is 0 Å². The first-order chi connectivity index (χ1) is 6.06. The molecule has 1 aromatic heterocycles. The Morgan fingerprint density at radius 3 is 2.69 bits per heavy atom. The third kappa shape index (κ3) is 1.81. The number of anilines is 1. The van der Waals surface area contributed by atoms with Crippen LogP contribution in [0.1, 0.15) is 25.1 Å². The standard InChI is InChI=1S/C9H14N4/c1-6(2)4-8-7(5-10)9(11)13(3)12-8/h6H,4,11H2,1-3H3. The van der Waals surface area contributed by atoms with E-state index in [1.807, 2.05) is 0 Å². The number of aryl methyl sites for hydroxylation is 1. The monoisotopic (exact) mass is 178 g/mol. The van der Waals surface area contributed by atoms with Crippen LogP contribution in [0.4, 0.5) is 5.82 Å². The van der Waals surface area contributed by atoms with E-state index in [1.54, 1.807) is 11.7 Å². The van der Waals surface area contributed by atoms with Gasteiger partial charge in [0.05, 0.1) is 5.69 Å². The Bertz CT molecular complexity index is 343. The van der Waals surface area contributed by atoms with Crippen molar-refractivity contribution in [1.29, 1.82) is 5.26 Å². The SMILES string of the molecule is CC(C)Cc1nn(C)c(N)c1C#N. The third-order valence-electron chi connectivity index (χ3n) is 1.88. The van der Waals surface area contributed by atoms with Gasteiger partial charge in [0.15, 0.2) is 0 Å². The summed E-state index contributed by atoms with van der Waals surface area (Å²) in [6.45, 7) is 4.18. The van der Waals surface area contributed by atoms with Gasteiger partial charge in [0, 0.05) is 7.05 Å². The van der Waals surface area contributed by atoms with Crippen LogP contribution in [-0.2, 0) is 13.5 Å². The summed E-state index contributed by atoms with van der Waals surface area (Å²) < 4.78 is 1.55. The van der Waals surface area contributed by atoms with Crippen LogP contribution in [0.25, 0.3) is 0 Å². The van der Waals surface area contributed by atoms with E-state index in [0.717, 1.165) is 12.1 Å². The summed E-state index contributed by atoms with van der Waals surface area (Å²) >= 11 is 0. The lowest BCUT2D eigenvalue weighted by Crippen LogP contribution is -1.98. The van der Waals surface area contributed by atoms with Crippen LogP contribution in [-0.4, -0.2) is 9.78 Å². The maximum Gasteiger partial charge on any atom is 0.139 e. The molecule has 0 atom stereocenters. The zero-order valence-electron chi connectivity index (χ0n) is 8.20. The van der Waals surface area contributed by atoms with E-state index in [2.05, 4.69) is 25.0 Å². The Hall–Kier alpha value is -1.50. The summed E-state index contributed by atoms with van der Waals surface area (Å²) in [4.78, 5) is 0. The van der Waals surface area contributed by atoms with Crippen LogP contribution < -0.4 is 5.73 Å². The van der Waals surface area contributed by atoms with E-state index in [1.165, 1.54) is 0 Å². The van der Waals surface area contributed by atoms with Crippen molar-refractivity contribution in [3.63, 3.8) is 0 Å². The Kier molecular flexibility index (Phi) is 2.57. The molecule has 0 aliphatic heterocycles. The van der Waals surface area contributed by atoms with Crippen molar-refractivity contribution in [2.45, 2.75) is 20.3 Å². The quantitative estimate of drug-likeness (QED) is 0.736. The van der Waals surface area contributed by atoms with E-state index < -0.39 is 0 Å². The molecule has 0 spiro atoms. The molecule has 2 N–H and O–H groups in total. The van der Waals surface area contributed by atoms with Crippen molar-refractivity contribution < 1.29 is 0 Å². The van der Waals surface area contributed by atoms with E-state index in [9.17, 15) is 0 Å². The highest BCUT2D eigenvalue weighted by molar-refractivity contribution is 5.51. The lowest BCUT2D eigenvalue weighted by Gasteiger charge is -1.99. The molecule has 4 heteroatoms. The molecule has 1 aromatic rings. The molecule has 0 aromatic carbocycles. The van der Waals surface area contributed by atoms with Gasteiger partial charge in [0.25, 0.3) is 0 Å². The van der Waals surface area contributed by atoms with Gasteiger partial charge < -0.3 is 5.73 Å². The van der Waals surface area contributed by atoms with Crippen molar-refractivity contribution in [1.82, 2.24) is 9.78 Å². The van der Waals surface area contributed by atoms with E-state index >= 15 is 0 Å². The van der Waals surface area contributed by atoms with Gasteiger partial charge in [-0.1, -0.05) is 13.8 Å². The molecule has 0 saturated carbocycles. The smallest absolute Gasteiger partial charge is 0.139 e. The van der Waals surface area contributed by atoms with Crippen molar-refractivity contribution in [3.05, 3.63) is 11.3 Å². The van der Waals surface area contributed by atoms with Crippen LogP contribution in [0, 0.1) is 17.2 Å². The Morgan fingerprint density at radius 2 is 2.23 bits per heavy atom. The number of hydrogen-bond acceptors (Lipinski definition) is 3. The van der Waals surface area contributed by atoms with Crippen molar-refractivity contribution in [2.75, 3.05) is 5.73 Å². The maximum absolute atomic E-state index is 8.84. The largest absolute Gasteiger partial charge is 0.383 e. The van der Waals surface area contributed by atoms with E-state index in [0.29, 0.717) is 17.3 Å². The van der Waals surface area contributed by atoms with E-state index in [4.69, 9.17) is 11.0 Å². The molecule has 1 rings (SSSR count). The normalized spacial score (nSPS) is 10.4. The highest BCUT2D eigenvalue weighted by atomic mass is 15.3. The molecular formula is C9H14N4. The number of nitriles is 1. The summed E-state index contributed by atoms with van der Waals surface area (Å²) in [6, 6.07) is 2.08. The first-order valence-corrected chi connectivity index (χ1v) is 4.27. The first-order valence-electron chi connectivity index (χ1n) is 4.27. The van der Waals surface area contributed by atoms with Gasteiger partial charge in [-0.05, 0) is 12.3 Å². The number of hydrogen-bond donors (Lipinski definition) is 1. The molecular weight excluding hydrogens is 164 g/mol. The predicted molar refractivity (Wildman–Crippen MR) is 50.9 cm³/mol. The molecule has 13 heavy (non-hydrogen) atoms. The summed E-state index contributed by atoms with van der Waals surface area (Å²) in [5.41, 5.74) is 7.00. The second-order valence-corrected chi connectivity index (χ2v) is 3.54. The van der Waals surface area contributed by atoms with Gasteiger partial charge in [0.1, 0.15) is 17.5 Å². The number of aromatic nitrogens is 2. The Labute approximate surface area is 78.0 Å². The minimum Gasteiger partial charge on any atom is -0.383 e. The van der Waals surface area contributed by atoms with Crippen LogP contribution in [0.3, 0.4) is 0 Å². The predicted octanol–water partition coefficient (Wildman–Crippen LogP) is 1.07. The third-order valence-corrected chi connectivity index (χ3v) is 1.88. The zero-order chi connectivity index (χ0) is 10.0. The number of nitrogens with zero attached hydrogens (tertiary/aromatic N) is 3. The van der Waals surface area contributed by atoms with Crippen LogP contribution in [0.15, 0.2) is 0 Å². The molecule has 4 nitrogen and oxygen atoms in total. The Morgan fingerprint density at radius 1 is 1.62 bits per heavy atom. The molecule has 70 valence electrons. The molecule has 1 heterocycles. The molecule has 0 aliphatic rings. The minimum atomic E-state index is 0.457. The van der Waals surface area contributed by atoms with Gasteiger partial charge in [-0.15, -0.1) is 0 Å². The summed E-state index contributed by atoms with van der Waals surface area (Å²) in [5.74, 6) is 0.944. The zero-order valence-corrected chi connectivity index (χ0v) is 8.20. The highest BCUT2D eigenvalue weighted by Crippen LogP contribution is 2.17. The summed E-state index contributed by atoms with van der Waals surface area (Å²) in [6.07, 6.45) is 0.800. The van der Waals surface area contributed by atoms with Crippen LogP contribution in [0.5, 0.6) is 0 Å². The van der Waals surface area contributed by atoms with Crippen LogP contribution in [0.2, 0.25) is 0 Å². The van der Waals surface area contributed by atoms with Crippen LogP contribution >= 0.6 is 0 Å². The minimum absolute atomic E-state index is 0.457. The molecule has 0 aliphatic carbocycles. The fourth-order valence-corrected chi connectivity index (χ4v) is 1.25. The Balaban J connectivity index is 3.08. The average molecular weight is 178 g/mol. The maximum atomic E-state index is 8.84. The fraction of sp³-hybridized carbons (Fsp3) is 0.556. The number of nitrogen functional groups attached to an aromatic ring is 1. The fourth-order valence-electron chi connectivity index (χ4n) is 1.25. The molecule has 0 fully saturated rings. The number of nitrogens with two attached hydrogens (primary N) is 1. The van der Waals surface area contributed by atoms with Crippen molar-refractivity contribution >= 4 is 5.82 Å². The van der Waals surface area contributed by atoms with E-state index in [-0.39, 0.29) is 0 Å². The first kappa shape index (κ1) is 9.59. The molecule has 0 saturated heterocycles. The molecule has 0 unspecified atom stereocenters. The average Bonchev–Trinajstić information content (AvgIpc) is 2.27.